The second-order valence-corrected chi connectivity index (χ2v) is 6.96. The molecule has 21 heavy (non-hydrogen) atoms. The summed E-state index contributed by atoms with van der Waals surface area (Å²) in [5, 5.41) is 7.45. The minimum Gasteiger partial charge on any atom is -0.444 e. The average Bonchev–Trinajstić information content (AvgIpc) is 3.04. The zero-order valence-electron chi connectivity index (χ0n) is 12.2. The highest BCUT2D eigenvalue weighted by atomic mass is 32.1. The topological polar surface area (TPSA) is 84.0 Å². The Morgan fingerprint density at radius 1 is 1.48 bits per heavy atom. The summed E-state index contributed by atoms with van der Waals surface area (Å²) in [6.45, 7) is 6.77. The molecule has 3 heterocycles. The molecule has 0 radical (unpaired) electrons. The molecular weight excluding hydrogens is 290 g/mol. The highest BCUT2D eigenvalue weighted by molar-refractivity contribution is 7.15. The van der Waals surface area contributed by atoms with Crippen molar-refractivity contribution in [3.8, 4) is 10.8 Å². The number of aromatic amines is 1. The van der Waals surface area contributed by atoms with Crippen molar-refractivity contribution in [2.45, 2.75) is 39.3 Å². The van der Waals surface area contributed by atoms with Crippen LogP contribution in [0.3, 0.4) is 0 Å². The number of amides is 1. The second kappa shape index (κ2) is 5.10. The number of ether oxygens (including phenoxy) is 1. The van der Waals surface area contributed by atoms with Crippen molar-refractivity contribution in [2.75, 3.05) is 6.54 Å². The van der Waals surface area contributed by atoms with Gasteiger partial charge in [0.2, 0.25) is 0 Å². The maximum atomic E-state index is 12.1. The predicted molar refractivity (Wildman–Crippen MR) is 77.8 cm³/mol. The Bertz CT molecular complexity index is 644. The van der Waals surface area contributed by atoms with Crippen LogP contribution in [0.4, 0.5) is 4.79 Å². The Balaban J connectivity index is 1.75. The molecule has 0 bridgehead atoms. The Kier molecular flexibility index (Phi) is 3.40. The summed E-state index contributed by atoms with van der Waals surface area (Å²) in [7, 11) is 0. The predicted octanol–water partition coefficient (Wildman–Crippen LogP) is 2.22. The van der Waals surface area contributed by atoms with E-state index in [2.05, 4.69) is 20.2 Å². The van der Waals surface area contributed by atoms with Crippen molar-refractivity contribution in [2.24, 2.45) is 0 Å². The molecule has 0 aliphatic carbocycles. The largest absolute Gasteiger partial charge is 0.444 e. The van der Waals surface area contributed by atoms with E-state index in [0.29, 0.717) is 18.9 Å². The first-order valence-corrected chi connectivity index (χ1v) is 7.56. The maximum absolute atomic E-state index is 12.1. The van der Waals surface area contributed by atoms with Gasteiger partial charge >= 0.3 is 6.09 Å². The lowest BCUT2D eigenvalue weighted by molar-refractivity contribution is 0.0225. The molecule has 1 N–H and O–H groups in total. The van der Waals surface area contributed by atoms with Gasteiger partial charge in [0.25, 0.3) is 0 Å². The van der Waals surface area contributed by atoms with Gasteiger partial charge in [0, 0.05) is 17.8 Å². The second-order valence-electron chi connectivity index (χ2n) is 5.87. The smallest absolute Gasteiger partial charge is 0.410 e. The lowest BCUT2D eigenvalue weighted by Gasteiger charge is -2.29. The highest BCUT2D eigenvalue weighted by Crippen LogP contribution is 2.30. The molecule has 0 atom stereocenters. The van der Waals surface area contributed by atoms with Gasteiger partial charge in [0.15, 0.2) is 10.8 Å². The zero-order chi connectivity index (χ0) is 15.0. The minimum absolute atomic E-state index is 0.275. The molecule has 3 rings (SSSR count). The molecule has 1 amide bonds. The molecule has 0 spiro atoms. The lowest BCUT2D eigenvalue weighted by atomic mass is 10.2. The molecule has 8 heteroatoms. The number of H-pyrrole nitrogens is 1. The Morgan fingerprint density at radius 3 is 2.95 bits per heavy atom. The van der Waals surface area contributed by atoms with Crippen LogP contribution in [-0.2, 0) is 17.7 Å². The van der Waals surface area contributed by atoms with E-state index < -0.39 is 5.60 Å². The van der Waals surface area contributed by atoms with E-state index in [-0.39, 0.29) is 6.09 Å². The van der Waals surface area contributed by atoms with E-state index in [9.17, 15) is 4.79 Å². The van der Waals surface area contributed by atoms with Crippen LogP contribution >= 0.6 is 11.3 Å². The number of hydrogen-bond acceptors (Lipinski definition) is 6. The minimum atomic E-state index is -0.476. The van der Waals surface area contributed by atoms with Crippen molar-refractivity contribution in [3.63, 3.8) is 0 Å². The van der Waals surface area contributed by atoms with Gasteiger partial charge in [-0.25, -0.2) is 14.8 Å². The molecule has 0 aromatic carbocycles. The fraction of sp³-hybridized carbons (Fsp3) is 0.538. The van der Waals surface area contributed by atoms with Crippen LogP contribution in [0.25, 0.3) is 10.8 Å². The first kappa shape index (κ1) is 14.0. The molecule has 0 fully saturated rings. The summed E-state index contributed by atoms with van der Waals surface area (Å²) >= 11 is 1.54. The highest BCUT2D eigenvalue weighted by Gasteiger charge is 2.28. The fourth-order valence-corrected chi connectivity index (χ4v) is 3.16. The molecule has 0 unspecified atom stereocenters. The summed E-state index contributed by atoms with van der Waals surface area (Å²) in [6.07, 6.45) is 1.92. The first-order valence-electron chi connectivity index (χ1n) is 6.74. The number of carbonyl (C=O) groups is 1. The van der Waals surface area contributed by atoms with Gasteiger partial charge < -0.3 is 9.64 Å². The third-order valence-electron chi connectivity index (χ3n) is 3.00. The summed E-state index contributed by atoms with van der Waals surface area (Å²) in [4.78, 5) is 23.6. The van der Waals surface area contributed by atoms with Crippen LogP contribution < -0.4 is 0 Å². The summed E-state index contributed by atoms with van der Waals surface area (Å²) in [5.41, 5.74) is 0.557. The van der Waals surface area contributed by atoms with Gasteiger partial charge in [-0.2, -0.15) is 5.10 Å². The van der Waals surface area contributed by atoms with Crippen molar-refractivity contribution in [3.05, 3.63) is 16.9 Å². The SMILES string of the molecule is CC(C)(C)OC(=O)N1CCc2nc(-c3ncn[nH]3)sc2C1. The lowest BCUT2D eigenvalue weighted by Crippen LogP contribution is -2.39. The van der Waals surface area contributed by atoms with Crippen molar-refractivity contribution >= 4 is 17.4 Å². The summed E-state index contributed by atoms with van der Waals surface area (Å²) < 4.78 is 5.41. The van der Waals surface area contributed by atoms with Gasteiger partial charge in [-0.3, -0.25) is 5.10 Å². The van der Waals surface area contributed by atoms with E-state index in [1.165, 1.54) is 17.7 Å². The number of aromatic nitrogens is 4. The van der Waals surface area contributed by atoms with E-state index in [1.807, 2.05) is 20.8 Å². The number of fused-ring (bicyclic) bond motifs is 1. The van der Waals surface area contributed by atoms with Gasteiger partial charge in [0.1, 0.15) is 11.9 Å². The standard InChI is InChI=1S/C13H17N5O2S/c1-13(2,3)20-12(19)18-5-4-8-9(6-18)21-11(16-8)10-14-7-15-17-10/h7H,4-6H2,1-3H3,(H,14,15,17). The van der Waals surface area contributed by atoms with Gasteiger partial charge in [-0.05, 0) is 20.8 Å². The Hall–Kier alpha value is -1.96. The first-order chi connectivity index (χ1) is 9.92. The van der Waals surface area contributed by atoms with Crippen LogP contribution in [-0.4, -0.2) is 43.3 Å². The van der Waals surface area contributed by atoms with Gasteiger partial charge in [-0.15, -0.1) is 11.3 Å². The van der Waals surface area contributed by atoms with Crippen molar-refractivity contribution < 1.29 is 9.53 Å². The molecular formula is C13H17N5O2S. The van der Waals surface area contributed by atoms with Crippen LogP contribution in [0.2, 0.25) is 0 Å². The number of nitrogens with zero attached hydrogens (tertiary/aromatic N) is 4. The number of nitrogens with one attached hydrogen (secondary N) is 1. The summed E-state index contributed by atoms with van der Waals surface area (Å²) in [6, 6.07) is 0. The molecule has 1 aliphatic heterocycles. The van der Waals surface area contributed by atoms with Crippen LogP contribution in [0.1, 0.15) is 31.3 Å². The molecule has 0 saturated heterocycles. The van der Waals surface area contributed by atoms with Crippen molar-refractivity contribution in [1.29, 1.82) is 0 Å². The van der Waals surface area contributed by atoms with Crippen molar-refractivity contribution in [1.82, 2.24) is 25.1 Å². The Morgan fingerprint density at radius 2 is 2.29 bits per heavy atom. The number of carbonyl (C=O) groups excluding carboxylic acids is 1. The molecule has 0 saturated carbocycles. The third kappa shape index (κ3) is 3.05. The van der Waals surface area contributed by atoms with E-state index in [0.717, 1.165) is 22.0 Å². The zero-order valence-corrected chi connectivity index (χ0v) is 13.0. The van der Waals surface area contributed by atoms with E-state index >= 15 is 0 Å². The molecule has 2 aromatic heterocycles. The van der Waals surface area contributed by atoms with Crippen LogP contribution in [0.15, 0.2) is 6.33 Å². The fourth-order valence-electron chi connectivity index (χ4n) is 2.09. The van der Waals surface area contributed by atoms with E-state index in [4.69, 9.17) is 4.74 Å². The molecule has 7 nitrogen and oxygen atoms in total. The monoisotopic (exact) mass is 307 g/mol. The number of hydrogen-bond donors (Lipinski definition) is 1. The molecule has 1 aliphatic rings. The number of thiazole rings is 1. The maximum Gasteiger partial charge on any atom is 0.410 e. The van der Waals surface area contributed by atoms with Gasteiger partial charge in [-0.1, -0.05) is 0 Å². The van der Waals surface area contributed by atoms with Crippen LogP contribution in [0, 0.1) is 0 Å². The molecule has 112 valence electrons. The van der Waals surface area contributed by atoms with E-state index in [1.54, 1.807) is 4.90 Å². The average molecular weight is 307 g/mol. The van der Waals surface area contributed by atoms with Crippen LogP contribution in [0.5, 0.6) is 0 Å². The van der Waals surface area contributed by atoms with Gasteiger partial charge in [0.05, 0.1) is 12.2 Å². The summed E-state index contributed by atoms with van der Waals surface area (Å²) in [5.74, 6) is 0.665. The Labute approximate surface area is 126 Å². The molecule has 2 aromatic rings. The quantitative estimate of drug-likeness (QED) is 0.873. The third-order valence-corrected chi connectivity index (χ3v) is 4.09. The number of rotatable bonds is 1. The normalized spacial score (nSPS) is 14.9.